The van der Waals surface area contributed by atoms with Crippen LogP contribution in [-0.4, -0.2) is 41.2 Å². The number of alkyl carbamates (subject to hydrolysis) is 1. The average Bonchev–Trinajstić information content (AvgIpc) is 2.77. The molecule has 0 saturated heterocycles. The fraction of sp³-hybridized carbons (Fsp3) is 0.611. The SMILES string of the molecule is CCn1c(C)cc(C(=O)COC(=O)CCNC(=O)OC(C)(C)C)c1C. The van der Waals surface area contributed by atoms with E-state index in [1.54, 1.807) is 26.8 Å². The van der Waals surface area contributed by atoms with Crippen molar-refractivity contribution < 1.29 is 23.9 Å². The van der Waals surface area contributed by atoms with Crippen LogP contribution in [0.3, 0.4) is 0 Å². The highest BCUT2D eigenvalue weighted by atomic mass is 16.6. The number of aryl methyl sites for hydroxylation is 1. The van der Waals surface area contributed by atoms with Gasteiger partial charge in [0, 0.05) is 30.0 Å². The van der Waals surface area contributed by atoms with Gasteiger partial charge in [0.25, 0.3) is 0 Å². The highest BCUT2D eigenvalue weighted by Gasteiger charge is 2.18. The molecule has 1 aromatic heterocycles. The van der Waals surface area contributed by atoms with Gasteiger partial charge in [-0.05, 0) is 47.6 Å². The van der Waals surface area contributed by atoms with Gasteiger partial charge in [0.1, 0.15) is 5.60 Å². The Labute approximate surface area is 148 Å². The third-order valence-corrected chi connectivity index (χ3v) is 3.55. The van der Waals surface area contributed by atoms with Crippen molar-refractivity contribution in [3.8, 4) is 0 Å². The number of ether oxygens (including phenoxy) is 2. The van der Waals surface area contributed by atoms with Crippen LogP contribution in [0.5, 0.6) is 0 Å². The van der Waals surface area contributed by atoms with Gasteiger partial charge in [0.2, 0.25) is 5.78 Å². The molecule has 1 heterocycles. The van der Waals surface area contributed by atoms with Crippen molar-refractivity contribution in [1.82, 2.24) is 9.88 Å². The summed E-state index contributed by atoms with van der Waals surface area (Å²) < 4.78 is 12.1. The zero-order valence-corrected chi connectivity index (χ0v) is 15.9. The normalized spacial score (nSPS) is 11.1. The van der Waals surface area contributed by atoms with Crippen LogP contribution in [0.2, 0.25) is 0 Å². The van der Waals surface area contributed by atoms with Crippen LogP contribution in [0.25, 0.3) is 0 Å². The first kappa shape index (κ1) is 20.7. The topological polar surface area (TPSA) is 86.6 Å². The number of rotatable bonds is 7. The first-order chi connectivity index (χ1) is 11.5. The number of hydrogen-bond donors (Lipinski definition) is 1. The Morgan fingerprint density at radius 1 is 1.20 bits per heavy atom. The zero-order valence-electron chi connectivity index (χ0n) is 15.9. The summed E-state index contributed by atoms with van der Waals surface area (Å²) in [6.45, 7) is 11.6. The minimum Gasteiger partial charge on any atom is -0.457 e. The maximum absolute atomic E-state index is 12.2. The van der Waals surface area contributed by atoms with Crippen LogP contribution in [0.15, 0.2) is 6.07 Å². The highest BCUT2D eigenvalue weighted by molar-refractivity contribution is 5.99. The van der Waals surface area contributed by atoms with Crippen molar-refractivity contribution in [2.24, 2.45) is 0 Å². The van der Waals surface area contributed by atoms with E-state index in [1.165, 1.54) is 0 Å². The molecule has 0 saturated carbocycles. The molecule has 1 amide bonds. The van der Waals surface area contributed by atoms with Crippen molar-refractivity contribution in [1.29, 1.82) is 0 Å². The van der Waals surface area contributed by atoms with Gasteiger partial charge < -0.3 is 19.4 Å². The van der Waals surface area contributed by atoms with Crippen LogP contribution in [0.4, 0.5) is 4.79 Å². The number of carbonyl (C=O) groups is 3. The molecule has 1 N–H and O–H groups in total. The minimum atomic E-state index is -0.595. The van der Waals surface area contributed by atoms with E-state index in [2.05, 4.69) is 5.32 Å². The van der Waals surface area contributed by atoms with Gasteiger partial charge in [0.05, 0.1) is 6.42 Å². The number of hydrogen-bond acceptors (Lipinski definition) is 5. The molecule has 0 aliphatic heterocycles. The van der Waals surface area contributed by atoms with E-state index >= 15 is 0 Å². The van der Waals surface area contributed by atoms with Gasteiger partial charge in [-0.3, -0.25) is 9.59 Å². The Morgan fingerprint density at radius 2 is 1.84 bits per heavy atom. The number of aromatic nitrogens is 1. The van der Waals surface area contributed by atoms with E-state index in [0.717, 1.165) is 17.9 Å². The smallest absolute Gasteiger partial charge is 0.407 e. The molecule has 0 fully saturated rings. The van der Waals surface area contributed by atoms with Crippen LogP contribution in [-0.2, 0) is 20.8 Å². The van der Waals surface area contributed by atoms with E-state index in [9.17, 15) is 14.4 Å². The second kappa shape index (κ2) is 8.69. The molecule has 0 unspecified atom stereocenters. The summed E-state index contributed by atoms with van der Waals surface area (Å²) in [5, 5.41) is 2.47. The summed E-state index contributed by atoms with van der Waals surface area (Å²) in [6.07, 6.45) is -0.621. The molecule has 7 heteroatoms. The molecule has 140 valence electrons. The van der Waals surface area contributed by atoms with Crippen molar-refractivity contribution in [3.05, 3.63) is 23.0 Å². The maximum Gasteiger partial charge on any atom is 0.407 e. The second-order valence-electron chi connectivity index (χ2n) is 6.79. The molecule has 0 aliphatic rings. The lowest BCUT2D eigenvalue weighted by molar-refractivity contribution is -0.142. The molecule has 25 heavy (non-hydrogen) atoms. The Hall–Kier alpha value is -2.31. The summed E-state index contributed by atoms with van der Waals surface area (Å²) >= 11 is 0. The number of nitrogens with one attached hydrogen (secondary N) is 1. The van der Waals surface area contributed by atoms with Crippen LogP contribution in [0, 0.1) is 13.8 Å². The van der Waals surface area contributed by atoms with Crippen LogP contribution in [0.1, 0.15) is 55.9 Å². The molecule has 0 atom stereocenters. The van der Waals surface area contributed by atoms with Crippen molar-refractivity contribution in [3.63, 3.8) is 0 Å². The van der Waals surface area contributed by atoms with Gasteiger partial charge >= 0.3 is 12.1 Å². The minimum absolute atomic E-state index is 0.0273. The lowest BCUT2D eigenvalue weighted by Crippen LogP contribution is -2.33. The number of esters is 1. The average molecular weight is 352 g/mol. The zero-order chi connectivity index (χ0) is 19.2. The summed E-state index contributed by atoms with van der Waals surface area (Å²) in [6, 6.07) is 1.80. The fourth-order valence-corrected chi connectivity index (χ4v) is 2.45. The largest absolute Gasteiger partial charge is 0.457 e. The summed E-state index contributed by atoms with van der Waals surface area (Å²) in [7, 11) is 0. The van der Waals surface area contributed by atoms with Crippen LogP contribution >= 0.6 is 0 Å². The molecule has 0 aromatic carbocycles. The first-order valence-electron chi connectivity index (χ1n) is 8.37. The molecular formula is C18H28N2O5. The molecule has 0 spiro atoms. The molecular weight excluding hydrogens is 324 g/mol. The molecule has 0 bridgehead atoms. The van der Waals surface area contributed by atoms with Gasteiger partial charge in [0.15, 0.2) is 6.61 Å². The second-order valence-corrected chi connectivity index (χ2v) is 6.79. The number of carbonyl (C=O) groups excluding carboxylic acids is 3. The van der Waals surface area contributed by atoms with Crippen molar-refractivity contribution in [2.75, 3.05) is 13.2 Å². The van der Waals surface area contributed by atoms with Gasteiger partial charge in [-0.2, -0.15) is 0 Å². The predicted octanol–water partition coefficient (Wildman–Crippen LogP) is 2.77. The Balaban J connectivity index is 2.39. The Kier molecular flexibility index (Phi) is 7.21. The number of nitrogens with zero attached hydrogens (tertiary/aromatic N) is 1. The summed E-state index contributed by atoms with van der Waals surface area (Å²) in [5.74, 6) is -0.782. The number of amides is 1. The standard InChI is InChI=1S/C18H28N2O5/c1-7-20-12(2)10-14(13(20)3)15(21)11-24-16(22)8-9-19-17(23)25-18(4,5)6/h10H,7-9,11H2,1-6H3,(H,19,23). The summed E-state index contributed by atoms with van der Waals surface area (Å²) in [4.78, 5) is 35.3. The molecule has 0 radical (unpaired) electrons. The van der Waals surface area contributed by atoms with E-state index in [1.807, 2.05) is 25.3 Å². The third kappa shape index (κ3) is 6.60. The van der Waals surface area contributed by atoms with E-state index in [-0.39, 0.29) is 25.4 Å². The predicted molar refractivity (Wildman–Crippen MR) is 93.7 cm³/mol. The highest BCUT2D eigenvalue weighted by Crippen LogP contribution is 2.15. The van der Waals surface area contributed by atoms with Gasteiger partial charge in [-0.1, -0.05) is 0 Å². The Morgan fingerprint density at radius 3 is 2.36 bits per heavy atom. The number of Topliss-reactive ketones (excluding diaryl/α,β-unsaturated/α-hetero) is 1. The Bertz CT molecular complexity index is 641. The van der Waals surface area contributed by atoms with E-state index < -0.39 is 17.7 Å². The fourth-order valence-electron chi connectivity index (χ4n) is 2.45. The van der Waals surface area contributed by atoms with Gasteiger partial charge in [-0.15, -0.1) is 0 Å². The van der Waals surface area contributed by atoms with Crippen LogP contribution < -0.4 is 5.32 Å². The monoisotopic (exact) mass is 352 g/mol. The number of ketones is 1. The quantitative estimate of drug-likeness (QED) is 0.602. The lowest BCUT2D eigenvalue weighted by atomic mass is 10.1. The van der Waals surface area contributed by atoms with E-state index in [0.29, 0.717) is 5.56 Å². The lowest BCUT2D eigenvalue weighted by Gasteiger charge is -2.19. The maximum atomic E-state index is 12.2. The van der Waals surface area contributed by atoms with Gasteiger partial charge in [-0.25, -0.2) is 4.79 Å². The van der Waals surface area contributed by atoms with E-state index in [4.69, 9.17) is 9.47 Å². The third-order valence-electron chi connectivity index (χ3n) is 3.55. The summed E-state index contributed by atoms with van der Waals surface area (Å²) in [5.41, 5.74) is 1.84. The molecule has 7 nitrogen and oxygen atoms in total. The molecule has 1 rings (SSSR count). The molecule has 1 aromatic rings. The van der Waals surface area contributed by atoms with Crippen molar-refractivity contribution >= 4 is 17.8 Å². The van der Waals surface area contributed by atoms with Crippen molar-refractivity contribution in [2.45, 2.75) is 60.1 Å². The molecule has 0 aliphatic carbocycles. The first-order valence-corrected chi connectivity index (χ1v) is 8.37.